The Balaban J connectivity index is 1.18. The number of nitrogens with one attached hydrogen (secondary N) is 2. The van der Waals surface area contributed by atoms with Gasteiger partial charge >= 0.3 is 0 Å². The summed E-state index contributed by atoms with van der Waals surface area (Å²) in [5, 5.41) is 14.3. The molecule has 0 radical (unpaired) electrons. The summed E-state index contributed by atoms with van der Waals surface area (Å²) in [6, 6.07) is 23.1. The molecule has 10 nitrogen and oxygen atoms in total. The van der Waals surface area contributed by atoms with Gasteiger partial charge in [0.05, 0.1) is 0 Å². The molecule has 0 spiro atoms. The van der Waals surface area contributed by atoms with Gasteiger partial charge in [0, 0.05) is 61.2 Å². The van der Waals surface area contributed by atoms with Gasteiger partial charge in [-0.2, -0.15) is 5.11 Å². The molecule has 244 valence electrons. The fraction of sp³-hybridized carbons (Fsp3) is 0.405. The highest BCUT2D eigenvalue weighted by Crippen LogP contribution is 2.32. The van der Waals surface area contributed by atoms with E-state index in [1.807, 2.05) is 77.7 Å². The molecule has 1 saturated carbocycles. The van der Waals surface area contributed by atoms with Crippen molar-refractivity contribution in [1.82, 2.24) is 10.2 Å². The lowest BCUT2D eigenvalue weighted by Gasteiger charge is -2.28. The number of ketones is 1. The van der Waals surface area contributed by atoms with Crippen molar-refractivity contribution in [3.05, 3.63) is 89.5 Å². The first-order valence-corrected chi connectivity index (χ1v) is 16.7. The number of amidine groups is 1. The Hall–Kier alpha value is -4.54. The average molecular weight is 634 g/mol. The molecule has 10 heteroatoms. The molecule has 2 heterocycles. The summed E-state index contributed by atoms with van der Waals surface area (Å²) in [7, 11) is 0. The maximum atomic E-state index is 13.7. The fourth-order valence-corrected chi connectivity index (χ4v) is 6.78. The Kier molecular flexibility index (Phi) is 10.6. The summed E-state index contributed by atoms with van der Waals surface area (Å²) in [4.78, 5) is 46.8. The van der Waals surface area contributed by atoms with Crippen LogP contribution in [0.25, 0.3) is 11.1 Å². The number of amides is 2. The van der Waals surface area contributed by atoms with Crippen molar-refractivity contribution in [2.24, 2.45) is 38.7 Å². The molecular formula is C37H43N7O3. The molecule has 1 aliphatic carbocycles. The number of rotatable bonds is 11. The minimum atomic E-state index is -0.533. The first kappa shape index (κ1) is 32.4. The predicted octanol–water partition coefficient (Wildman–Crippen LogP) is 5.09. The van der Waals surface area contributed by atoms with Crippen molar-refractivity contribution in [1.29, 1.82) is 0 Å². The summed E-state index contributed by atoms with van der Waals surface area (Å²) < 4.78 is 0. The molecule has 3 aliphatic rings. The van der Waals surface area contributed by atoms with Crippen LogP contribution in [0.4, 0.5) is 5.69 Å². The summed E-state index contributed by atoms with van der Waals surface area (Å²) >= 11 is 0. The van der Waals surface area contributed by atoms with Gasteiger partial charge < -0.3 is 21.3 Å². The molecule has 3 aromatic carbocycles. The number of carbonyl (C=O) groups excluding carboxylic acids is 3. The van der Waals surface area contributed by atoms with Crippen molar-refractivity contribution in [2.45, 2.75) is 38.5 Å². The van der Waals surface area contributed by atoms with Gasteiger partial charge in [-0.1, -0.05) is 42.5 Å². The molecule has 2 aliphatic heterocycles. The van der Waals surface area contributed by atoms with Crippen LogP contribution in [0.15, 0.2) is 88.0 Å². The molecule has 3 aromatic rings. The third kappa shape index (κ3) is 8.07. The van der Waals surface area contributed by atoms with E-state index in [9.17, 15) is 14.4 Å². The van der Waals surface area contributed by atoms with Crippen LogP contribution in [0.2, 0.25) is 0 Å². The number of aliphatic imine (C=N–C) groups is 1. The summed E-state index contributed by atoms with van der Waals surface area (Å²) in [5.74, 6) is 0.503. The number of benzene rings is 3. The second-order valence-electron chi connectivity index (χ2n) is 12.7. The highest BCUT2D eigenvalue weighted by atomic mass is 16.2. The molecule has 6 rings (SSSR count). The SMILES string of the molecule is NCC1CCC(C(=O)C[C@@H](Cc2ccc(-c3ccccc3C(=O)N3CCNCC3)cc2)C(=O)Nc2ccc(C3=NCN=N3)cc2)CC1. The largest absolute Gasteiger partial charge is 0.336 e. The zero-order valence-corrected chi connectivity index (χ0v) is 26.7. The molecule has 0 unspecified atom stereocenters. The first-order valence-electron chi connectivity index (χ1n) is 16.7. The highest BCUT2D eigenvalue weighted by Gasteiger charge is 2.30. The molecule has 2 amide bonds. The minimum Gasteiger partial charge on any atom is -0.336 e. The zero-order valence-electron chi connectivity index (χ0n) is 26.7. The summed E-state index contributed by atoms with van der Waals surface area (Å²) in [6.07, 6.45) is 4.19. The van der Waals surface area contributed by atoms with Crippen LogP contribution in [0.3, 0.4) is 0 Å². The fourth-order valence-electron chi connectivity index (χ4n) is 6.78. The van der Waals surface area contributed by atoms with Gasteiger partial charge in [-0.05, 0) is 91.6 Å². The number of hydrogen-bond donors (Lipinski definition) is 3. The number of piperazine rings is 1. The third-order valence-corrected chi connectivity index (χ3v) is 9.62. The first-order chi connectivity index (χ1) is 23.0. The van der Waals surface area contributed by atoms with E-state index in [4.69, 9.17) is 5.73 Å². The van der Waals surface area contributed by atoms with Crippen molar-refractivity contribution >= 4 is 29.1 Å². The molecule has 0 aromatic heterocycles. The van der Waals surface area contributed by atoms with Crippen molar-refractivity contribution in [3.63, 3.8) is 0 Å². The number of nitrogens with two attached hydrogens (primary N) is 1. The van der Waals surface area contributed by atoms with Crippen molar-refractivity contribution < 1.29 is 14.4 Å². The van der Waals surface area contributed by atoms with E-state index in [1.54, 1.807) is 0 Å². The summed E-state index contributed by atoms with van der Waals surface area (Å²) in [5.41, 5.74) is 10.8. The smallest absolute Gasteiger partial charge is 0.254 e. The zero-order chi connectivity index (χ0) is 32.6. The molecule has 1 saturated heterocycles. The van der Waals surface area contributed by atoms with Crippen LogP contribution in [0, 0.1) is 17.8 Å². The lowest BCUT2D eigenvalue weighted by molar-refractivity contribution is -0.129. The molecule has 47 heavy (non-hydrogen) atoms. The molecule has 0 bridgehead atoms. The normalized spacial score (nSPS) is 20.0. The van der Waals surface area contributed by atoms with E-state index in [1.165, 1.54) is 0 Å². The van der Waals surface area contributed by atoms with E-state index < -0.39 is 5.92 Å². The summed E-state index contributed by atoms with van der Waals surface area (Å²) in [6.45, 7) is 3.96. The van der Waals surface area contributed by atoms with Gasteiger partial charge in [0.15, 0.2) is 12.5 Å². The average Bonchev–Trinajstić information content (AvgIpc) is 3.67. The topological polar surface area (TPSA) is 142 Å². The standard InChI is InChI=1S/C37H43N7O3/c38-23-26-7-11-28(12-8-26)34(45)22-30(36(46)42-31-15-13-29(14-16-31)35-40-24-41-43-35)21-25-5-9-27(10-6-25)32-3-1-2-4-33(32)37(47)44-19-17-39-18-20-44/h1-6,9-10,13-16,26,28,30,39H,7-8,11-12,17-24,38H2,(H,42,46)/t26?,28?,30-/m1/s1. The van der Waals surface area contributed by atoms with Crippen LogP contribution in [-0.2, 0) is 16.0 Å². The van der Waals surface area contributed by atoms with Gasteiger partial charge in [0.2, 0.25) is 5.91 Å². The van der Waals surface area contributed by atoms with Gasteiger partial charge in [-0.25, -0.2) is 4.99 Å². The number of anilines is 1. The minimum absolute atomic E-state index is 0.0270. The van der Waals surface area contributed by atoms with E-state index in [2.05, 4.69) is 25.9 Å². The second-order valence-corrected chi connectivity index (χ2v) is 12.7. The lowest BCUT2D eigenvalue weighted by Crippen LogP contribution is -2.46. The maximum absolute atomic E-state index is 13.7. The van der Waals surface area contributed by atoms with Gasteiger partial charge in [0.1, 0.15) is 5.78 Å². The number of hydrogen-bond acceptors (Lipinski definition) is 8. The van der Waals surface area contributed by atoms with Crippen molar-refractivity contribution in [2.75, 3.05) is 44.7 Å². The Bertz CT molecular complexity index is 1620. The Labute approximate surface area is 275 Å². The Morgan fingerprint density at radius 2 is 1.60 bits per heavy atom. The van der Waals surface area contributed by atoms with Crippen LogP contribution >= 0.6 is 0 Å². The van der Waals surface area contributed by atoms with Crippen LogP contribution in [0.5, 0.6) is 0 Å². The van der Waals surface area contributed by atoms with E-state index >= 15 is 0 Å². The van der Waals surface area contributed by atoms with Crippen LogP contribution in [0.1, 0.15) is 53.6 Å². The van der Waals surface area contributed by atoms with Crippen LogP contribution in [-0.4, -0.2) is 67.7 Å². The predicted molar refractivity (Wildman–Crippen MR) is 183 cm³/mol. The number of azo groups is 1. The second kappa shape index (κ2) is 15.4. The van der Waals surface area contributed by atoms with E-state index in [0.29, 0.717) is 55.7 Å². The number of carbonyl (C=O) groups is 3. The number of Topliss-reactive ketones (excluding diaryl/α,β-unsaturated/α-hetero) is 1. The van der Waals surface area contributed by atoms with Gasteiger partial charge in [0.25, 0.3) is 5.91 Å². The van der Waals surface area contributed by atoms with Gasteiger partial charge in [-0.15, -0.1) is 5.11 Å². The quantitative estimate of drug-likeness (QED) is 0.270. The van der Waals surface area contributed by atoms with Crippen molar-refractivity contribution in [3.8, 4) is 11.1 Å². The van der Waals surface area contributed by atoms with Crippen LogP contribution < -0.4 is 16.4 Å². The molecule has 4 N–H and O–H groups in total. The maximum Gasteiger partial charge on any atom is 0.254 e. The number of nitrogens with zero attached hydrogens (tertiary/aromatic N) is 4. The van der Waals surface area contributed by atoms with Gasteiger partial charge in [-0.3, -0.25) is 14.4 Å². The highest BCUT2D eigenvalue weighted by molar-refractivity contribution is 6.02. The Morgan fingerprint density at radius 3 is 2.28 bits per heavy atom. The Morgan fingerprint density at radius 1 is 0.894 bits per heavy atom. The monoisotopic (exact) mass is 633 g/mol. The molecule has 2 fully saturated rings. The van der Waals surface area contributed by atoms with E-state index in [0.717, 1.165) is 61.0 Å². The molecular weight excluding hydrogens is 590 g/mol. The van der Waals surface area contributed by atoms with E-state index in [-0.39, 0.29) is 29.9 Å². The molecule has 1 atom stereocenters. The third-order valence-electron chi connectivity index (χ3n) is 9.62. The lowest BCUT2D eigenvalue weighted by atomic mass is 9.77.